The number of nitrogens with one attached hydrogen (secondary N) is 2. The third kappa shape index (κ3) is 6.86. The standard InChI is InChI=1S/C23H23N3O3S/c1-29-20-9-5-8-18(14-20)12-13-24-22(28)15-19-16-30-23(25-19)26-21(27)11-10-17-6-3-2-4-7-17/h2-11,14,16H,12-13,15H2,1H3,(H,24,28)(H,25,26,27)/b11-10+. The van der Waals surface area contributed by atoms with E-state index in [-0.39, 0.29) is 18.2 Å². The topological polar surface area (TPSA) is 80.3 Å². The van der Waals surface area contributed by atoms with Gasteiger partial charge in [0.15, 0.2) is 5.13 Å². The lowest BCUT2D eigenvalue weighted by Crippen LogP contribution is -2.27. The molecule has 0 fully saturated rings. The second-order valence-corrected chi connectivity index (χ2v) is 7.36. The van der Waals surface area contributed by atoms with Crippen LogP contribution in [0.1, 0.15) is 16.8 Å². The highest BCUT2D eigenvalue weighted by Gasteiger charge is 2.09. The van der Waals surface area contributed by atoms with Crippen molar-refractivity contribution in [3.63, 3.8) is 0 Å². The zero-order valence-electron chi connectivity index (χ0n) is 16.6. The summed E-state index contributed by atoms with van der Waals surface area (Å²) in [5, 5.41) is 7.86. The van der Waals surface area contributed by atoms with Crippen molar-refractivity contribution in [1.82, 2.24) is 10.3 Å². The number of nitrogens with zero attached hydrogens (tertiary/aromatic N) is 1. The molecular formula is C23H23N3O3S. The molecule has 0 spiro atoms. The van der Waals surface area contributed by atoms with E-state index in [9.17, 15) is 9.59 Å². The summed E-state index contributed by atoms with van der Waals surface area (Å²) in [5.41, 5.74) is 2.66. The normalized spacial score (nSPS) is 10.7. The van der Waals surface area contributed by atoms with Gasteiger partial charge in [-0.25, -0.2) is 4.98 Å². The number of anilines is 1. The van der Waals surface area contributed by atoms with Crippen LogP contribution in [0.5, 0.6) is 5.75 Å². The fourth-order valence-corrected chi connectivity index (χ4v) is 3.44. The molecule has 0 atom stereocenters. The summed E-state index contributed by atoms with van der Waals surface area (Å²) in [5.74, 6) is 0.432. The third-order valence-corrected chi connectivity index (χ3v) is 5.03. The molecule has 0 saturated heterocycles. The van der Waals surface area contributed by atoms with E-state index < -0.39 is 0 Å². The first kappa shape index (κ1) is 21.3. The Bertz CT molecular complexity index is 1020. The molecule has 0 aliphatic carbocycles. The molecule has 154 valence electrons. The maximum Gasteiger partial charge on any atom is 0.250 e. The molecule has 0 aliphatic rings. The lowest BCUT2D eigenvalue weighted by molar-refractivity contribution is -0.120. The molecule has 0 bridgehead atoms. The van der Waals surface area contributed by atoms with Crippen LogP contribution in [0.2, 0.25) is 0 Å². The first-order valence-electron chi connectivity index (χ1n) is 9.50. The first-order chi connectivity index (χ1) is 14.6. The predicted molar refractivity (Wildman–Crippen MR) is 120 cm³/mol. The summed E-state index contributed by atoms with van der Waals surface area (Å²) in [7, 11) is 1.63. The Labute approximate surface area is 179 Å². The van der Waals surface area contributed by atoms with Crippen molar-refractivity contribution in [3.8, 4) is 5.75 Å². The molecule has 30 heavy (non-hydrogen) atoms. The fourth-order valence-electron chi connectivity index (χ4n) is 2.73. The highest BCUT2D eigenvalue weighted by molar-refractivity contribution is 7.14. The molecule has 0 radical (unpaired) electrons. The average molecular weight is 422 g/mol. The van der Waals surface area contributed by atoms with Gasteiger partial charge in [0, 0.05) is 18.0 Å². The van der Waals surface area contributed by atoms with Crippen LogP contribution in [0.15, 0.2) is 66.1 Å². The van der Waals surface area contributed by atoms with E-state index in [1.54, 1.807) is 18.6 Å². The van der Waals surface area contributed by atoms with E-state index in [1.165, 1.54) is 17.4 Å². The number of aromatic nitrogens is 1. The molecule has 3 rings (SSSR count). The van der Waals surface area contributed by atoms with Gasteiger partial charge in [0.2, 0.25) is 11.8 Å². The molecule has 1 aromatic heterocycles. The second-order valence-electron chi connectivity index (χ2n) is 6.51. The summed E-state index contributed by atoms with van der Waals surface area (Å²) < 4.78 is 5.20. The van der Waals surface area contributed by atoms with Crippen LogP contribution in [0.3, 0.4) is 0 Å². The number of carbonyl (C=O) groups excluding carboxylic acids is 2. The quantitative estimate of drug-likeness (QED) is 0.516. The molecule has 2 amide bonds. The summed E-state index contributed by atoms with van der Waals surface area (Å²) >= 11 is 1.30. The summed E-state index contributed by atoms with van der Waals surface area (Å²) in [6, 6.07) is 17.3. The van der Waals surface area contributed by atoms with Gasteiger partial charge >= 0.3 is 0 Å². The highest BCUT2D eigenvalue weighted by Crippen LogP contribution is 2.16. The first-order valence-corrected chi connectivity index (χ1v) is 10.4. The minimum absolute atomic E-state index is 0.106. The maximum absolute atomic E-state index is 12.1. The predicted octanol–water partition coefficient (Wildman–Crippen LogP) is 3.71. The van der Waals surface area contributed by atoms with Gasteiger partial charge in [0.05, 0.1) is 19.2 Å². The van der Waals surface area contributed by atoms with Gasteiger partial charge in [-0.2, -0.15) is 0 Å². The third-order valence-electron chi connectivity index (χ3n) is 4.22. The zero-order valence-corrected chi connectivity index (χ0v) is 17.4. The van der Waals surface area contributed by atoms with Crippen LogP contribution < -0.4 is 15.4 Å². The molecule has 3 aromatic rings. The number of thiazole rings is 1. The van der Waals surface area contributed by atoms with E-state index in [2.05, 4.69) is 15.6 Å². The fraction of sp³-hybridized carbons (Fsp3) is 0.174. The number of hydrogen-bond acceptors (Lipinski definition) is 5. The van der Waals surface area contributed by atoms with Crippen LogP contribution >= 0.6 is 11.3 Å². The van der Waals surface area contributed by atoms with Gasteiger partial charge in [-0.3, -0.25) is 14.9 Å². The van der Waals surface area contributed by atoms with Gasteiger partial charge in [0.25, 0.3) is 0 Å². The smallest absolute Gasteiger partial charge is 0.250 e. The number of benzene rings is 2. The molecular weight excluding hydrogens is 398 g/mol. The SMILES string of the molecule is COc1cccc(CCNC(=O)Cc2csc(NC(=O)/C=C/c3ccccc3)n2)c1. The van der Waals surface area contributed by atoms with Crippen molar-refractivity contribution in [2.75, 3.05) is 19.0 Å². The highest BCUT2D eigenvalue weighted by atomic mass is 32.1. The van der Waals surface area contributed by atoms with E-state index >= 15 is 0 Å². The van der Waals surface area contributed by atoms with Gasteiger partial charge < -0.3 is 10.1 Å². The van der Waals surface area contributed by atoms with Gasteiger partial charge in [0.1, 0.15) is 5.75 Å². The van der Waals surface area contributed by atoms with E-state index in [0.29, 0.717) is 17.4 Å². The van der Waals surface area contributed by atoms with E-state index in [4.69, 9.17) is 4.74 Å². The molecule has 0 aliphatic heterocycles. The Balaban J connectivity index is 1.42. The van der Waals surface area contributed by atoms with Gasteiger partial charge in [-0.1, -0.05) is 42.5 Å². The minimum Gasteiger partial charge on any atom is -0.497 e. The number of amides is 2. The van der Waals surface area contributed by atoms with Crippen LogP contribution in [0.4, 0.5) is 5.13 Å². The molecule has 7 heteroatoms. The molecule has 0 unspecified atom stereocenters. The number of rotatable bonds is 9. The van der Waals surface area contributed by atoms with Crippen molar-refractivity contribution < 1.29 is 14.3 Å². The van der Waals surface area contributed by atoms with Crippen LogP contribution in [0.25, 0.3) is 6.08 Å². The van der Waals surface area contributed by atoms with Crippen LogP contribution in [-0.2, 0) is 22.4 Å². The second kappa shape index (κ2) is 10.9. The van der Waals surface area contributed by atoms with Crippen molar-refractivity contribution in [2.24, 2.45) is 0 Å². The number of ether oxygens (including phenoxy) is 1. The molecule has 1 heterocycles. The Morgan fingerprint density at radius 3 is 2.77 bits per heavy atom. The lowest BCUT2D eigenvalue weighted by atomic mass is 10.1. The van der Waals surface area contributed by atoms with Gasteiger partial charge in [-0.05, 0) is 35.8 Å². The summed E-state index contributed by atoms with van der Waals surface area (Å²) in [6.45, 7) is 0.532. The maximum atomic E-state index is 12.1. The Hall–Kier alpha value is -3.45. The summed E-state index contributed by atoms with van der Waals surface area (Å²) in [4.78, 5) is 28.5. The van der Waals surface area contributed by atoms with Crippen molar-refractivity contribution >= 4 is 34.4 Å². The van der Waals surface area contributed by atoms with Crippen molar-refractivity contribution in [2.45, 2.75) is 12.8 Å². The molecule has 2 N–H and O–H groups in total. The number of carbonyl (C=O) groups is 2. The van der Waals surface area contributed by atoms with Gasteiger partial charge in [-0.15, -0.1) is 11.3 Å². The van der Waals surface area contributed by atoms with E-state index in [1.807, 2.05) is 54.6 Å². The summed E-state index contributed by atoms with van der Waals surface area (Å²) in [6.07, 6.45) is 4.08. The van der Waals surface area contributed by atoms with Crippen molar-refractivity contribution in [1.29, 1.82) is 0 Å². The Morgan fingerprint density at radius 2 is 1.97 bits per heavy atom. The zero-order chi connectivity index (χ0) is 21.2. The largest absolute Gasteiger partial charge is 0.497 e. The lowest BCUT2D eigenvalue weighted by Gasteiger charge is -2.06. The van der Waals surface area contributed by atoms with E-state index in [0.717, 1.165) is 23.3 Å². The van der Waals surface area contributed by atoms with Crippen molar-refractivity contribution in [3.05, 3.63) is 82.9 Å². The molecule has 2 aromatic carbocycles. The minimum atomic E-state index is -0.262. The number of hydrogen-bond donors (Lipinski definition) is 2. The molecule has 6 nitrogen and oxygen atoms in total. The number of methoxy groups -OCH3 is 1. The Kier molecular flexibility index (Phi) is 7.74. The van der Waals surface area contributed by atoms with Crippen LogP contribution in [-0.4, -0.2) is 30.5 Å². The average Bonchev–Trinajstić information content (AvgIpc) is 3.19. The van der Waals surface area contributed by atoms with Crippen LogP contribution in [0, 0.1) is 0 Å². The monoisotopic (exact) mass is 421 g/mol. The Morgan fingerprint density at radius 1 is 1.13 bits per heavy atom. The molecule has 0 saturated carbocycles.